The maximum absolute atomic E-state index is 4.64. The second-order valence-corrected chi connectivity index (χ2v) is 5.81. The third-order valence-electron chi connectivity index (χ3n) is 2.95. The summed E-state index contributed by atoms with van der Waals surface area (Å²) in [5.41, 5.74) is 2.40. The monoisotopic (exact) mass is 287 g/mol. The van der Waals surface area contributed by atoms with Gasteiger partial charge < -0.3 is 5.32 Å². The summed E-state index contributed by atoms with van der Waals surface area (Å²) in [5.74, 6) is 2.60. The molecule has 0 bridgehead atoms. The Balaban J connectivity index is 2.10. The van der Waals surface area contributed by atoms with Crippen LogP contribution >= 0.6 is 11.8 Å². The molecule has 4 heteroatoms. The van der Waals surface area contributed by atoms with Crippen molar-refractivity contribution >= 4 is 17.6 Å². The molecular weight excluding hydrogens is 266 g/mol. The van der Waals surface area contributed by atoms with Gasteiger partial charge in [0.25, 0.3) is 0 Å². The van der Waals surface area contributed by atoms with E-state index in [2.05, 4.69) is 53.4 Å². The molecule has 106 valence electrons. The molecule has 1 aromatic heterocycles. The summed E-state index contributed by atoms with van der Waals surface area (Å²) in [6.45, 7) is 4.28. The Morgan fingerprint density at radius 3 is 2.75 bits per heavy atom. The van der Waals surface area contributed by atoms with E-state index in [1.54, 1.807) is 11.8 Å². The van der Waals surface area contributed by atoms with Gasteiger partial charge in [0.2, 0.25) is 0 Å². The molecule has 0 amide bonds. The van der Waals surface area contributed by atoms with Gasteiger partial charge >= 0.3 is 0 Å². The fraction of sp³-hybridized carbons (Fsp3) is 0.375. The Kier molecular flexibility index (Phi) is 5.41. The molecule has 0 atom stereocenters. The highest BCUT2D eigenvalue weighted by atomic mass is 32.2. The van der Waals surface area contributed by atoms with Crippen LogP contribution in [-0.4, -0.2) is 17.0 Å². The van der Waals surface area contributed by atoms with Crippen molar-refractivity contribution in [2.75, 3.05) is 12.4 Å². The van der Waals surface area contributed by atoms with Crippen molar-refractivity contribution in [3.8, 4) is 0 Å². The summed E-state index contributed by atoms with van der Waals surface area (Å²) in [6.07, 6.45) is 2.10. The van der Waals surface area contributed by atoms with Crippen LogP contribution in [0.4, 0.5) is 5.82 Å². The van der Waals surface area contributed by atoms with Crippen LogP contribution in [0.5, 0.6) is 0 Å². The minimum absolute atomic E-state index is 0.801. The van der Waals surface area contributed by atoms with Crippen molar-refractivity contribution in [2.45, 2.75) is 37.3 Å². The van der Waals surface area contributed by atoms with Gasteiger partial charge in [0.05, 0.1) is 5.75 Å². The lowest BCUT2D eigenvalue weighted by molar-refractivity contribution is 0.855. The summed E-state index contributed by atoms with van der Waals surface area (Å²) in [7, 11) is 1.90. The third kappa shape index (κ3) is 4.23. The molecule has 0 saturated carbocycles. The summed E-state index contributed by atoms with van der Waals surface area (Å²) in [6, 6.07) is 10.6. The molecule has 3 nitrogen and oxygen atoms in total. The predicted octanol–water partition coefficient (Wildman–Crippen LogP) is 4.07. The van der Waals surface area contributed by atoms with Gasteiger partial charge in [-0.3, -0.25) is 0 Å². The van der Waals surface area contributed by atoms with Crippen LogP contribution < -0.4 is 5.32 Å². The van der Waals surface area contributed by atoms with Crippen molar-refractivity contribution < 1.29 is 0 Å². The van der Waals surface area contributed by atoms with E-state index in [-0.39, 0.29) is 0 Å². The summed E-state index contributed by atoms with van der Waals surface area (Å²) in [5, 5.41) is 3.11. The number of benzene rings is 1. The zero-order chi connectivity index (χ0) is 14.4. The summed E-state index contributed by atoms with van der Waals surface area (Å²) >= 11 is 1.78. The Bertz CT molecular complexity index is 569. The molecule has 1 aromatic carbocycles. The van der Waals surface area contributed by atoms with Crippen molar-refractivity contribution in [2.24, 2.45) is 0 Å². The molecular formula is C16H21N3S. The van der Waals surface area contributed by atoms with E-state index < -0.39 is 0 Å². The zero-order valence-corrected chi connectivity index (χ0v) is 13.1. The minimum Gasteiger partial charge on any atom is -0.373 e. The van der Waals surface area contributed by atoms with Gasteiger partial charge in [-0.05, 0) is 25.5 Å². The molecule has 0 aliphatic heterocycles. The number of aromatic nitrogens is 2. The van der Waals surface area contributed by atoms with Gasteiger partial charge in [0, 0.05) is 23.7 Å². The quantitative estimate of drug-likeness (QED) is 0.813. The fourth-order valence-electron chi connectivity index (χ4n) is 1.98. The van der Waals surface area contributed by atoms with E-state index in [0.29, 0.717) is 0 Å². The number of nitrogens with one attached hydrogen (secondary N) is 1. The molecule has 0 saturated heterocycles. The highest BCUT2D eigenvalue weighted by Gasteiger charge is 2.05. The second-order valence-electron chi connectivity index (χ2n) is 4.77. The smallest absolute Gasteiger partial charge is 0.141 e. The molecule has 20 heavy (non-hydrogen) atoms. The molecule has 0 fully saturated rings. The van der Waals surface area contributed by atoms with Crippen LogP contribution in [0.3, 0.4) is 0 Å². The Hall–Kier alpha value is -1.55. The van der Waals surface area contributed by atoms with Gasteiger partial charge in [-0.25, -0.2) is 9.97 Å². The first-order valence-corrected chi connectivity index (χ1v) is 7.94. The van der Waals surface area contributed by atoms with Gasteiger partial charge in [-0.15, -0.1) is 11.8 Å². The van der Waals surface area contributed by atoms with Crippen molar-refractivity contribution in [3.63, 3.8) is 0 Å². The molecule has 1 N–H and O–H groups in total. The SMILES string of the molecule is CCCc1cc(NC)nc(CSc2cccc(C)c2)n1. The standard InChI is InChI=1S/C16H21N3S/c1-4-6-13-10-15(17-3)19-16(18-13)11-20-14-8-5-7-12(2)9-14/h5,7-10H,4,6,11H2,1-3H3,(H,17,18,19). The summed E-state index contributed by atoms with van der Waals surface area (Å²) in [4.78, 5) is 10.4. The first-order chi connectivity index (χ1) is 9.71. The Labute approximate surface area is 125 Å². The van der Waals surface area contributed by atoms with E-state index >= 15 is 0 Å². The first-order valence-electron chi connectivity index (χ1n) is 6.95. The number of aryl methyl sites for hydroxylation is 2. The number of thioether (sulfide) groups is 1. The van der Waals surface area contributed by atoms with Crippen LogP contribution in [0.25, 0.3) is 0 Å². The highest BCUT2D eigenvalue weighted by Crippen LogP contribution is 2.23. The van der Waals surface area contributed by atoms with Crippen LogP contribution in [-0.2, 0) is 12.2 Å². The van der Waals surface area contributed by atoms with Crippen molar-refractivity contribution in [3.05, 3.63) is 47.4 Å². The fourth-order valence-corrected chi connectivity index (χ4v) is 2.85. The Morgan fingerprint density at radius 2 is 2.05 bits per heavy atom. The highest BCUT2D eigenvalue weighted by molar-refractivity contribution is 7.98. The molecule has 0 unspecified atom stereocenters. The molecule has 0 aliphatic carbocycles. The first kappa shape index (κ1) is 14.9. The van der Waals surface area contributed by atoms with Gasteiger partial charge in [0.15, 0.2) is 0 Å². The van der Waals surface area contributed by atoms with Gasteiger partial charge in [-0.2, -0.15) is 0 Å². The lowest BCUT2D eigenvalue weighted by Crippen LogP contribution is -2.02. The van der Waals surface area contributed by atoms with E-state index in [0.717, 1.165) is 35.9 Å². The van der Waals surface area contributed by atoms with E-state index in [1.165, 1.54) is 10.5 Å². The number of nitrogens with zero attached hydrogens (tertiary/aromatic N) is 2. The predicted molar refractivity (Wildman–Crippen MR) is 86.3 cm³/mol. The average Bonchev–Trinajstić information content (AvgIpc) is 2.45. The topological polar surface area (TPSA) is 37.8 Å². The molecule has 0 spiro atoms. The van der Waals surface area contributed by atoms with E-state index in [1.807, 2.05) is 13.1 Å². The molecule has 0 aliphatic rings. The van der Waals surface area contributed by atoms with Crippen LogP contribution in [0.2, 0.25) is 0 Å². The summed E-state index contributed by atoms with van der Waals surface area (Å²) < 4.78 is 0. The van der Waals surface area contributed by atoms with E-state index in [4.69, 9.17) is 0 Å². The lowest BCUT2D eigenvalue weighted by atomic mass is 10.2. The minimum atomic E-state index is 0.801. The average molecular weight is 287 g/mol. The van der Waals surface area contributed by atoms with Crippen LogP contribution in [0.15, 0.2) is 35.2 Å². The lowest BCUT2D eigenvalue weighted by Gasteiger charge is -2.07. The molecule has 2 rings (SSSR count). The molecule has 2 aromatic rings. The number of hydrogen-bond donors (Lipinski definition) is 1. The van der Waals surface area contributed by atoms with E-state index in [9.17, 15) is 0 Å². The maximum atomic E-state index is 4.64. The number of anilines is 1. The largest absolute Gasteiger partial charge is 0.373 e. The normalized spacial score (nSPS) is 10.6. The van der Waals surface area contributed by atoms with Crippen molar-refractivity contribution in [1.82, 2.24) is 9.97 Å². The van der Waals surface area contributed by atoms with Gasteiger partial charge in [0.1, 0.15) is 11.6 Å². The van der Waals surface area contributed by atoms with Crippen LogP contribution in [0, 0.1) is 6.92 Å². The Morgan fingerprint density at radius 1 is 1.20 bits per heavy atom. The maximum Gasteiger partial charge on any atom is 0.141 e. The molecule has 0 radical (unpaired) electrons. The van der Waals surface area contributed by atoms with Crippen LogP contribution in [0.1, 0.15) is 30.4 Å². The number of rotatable bonds is 6. The van der Waals surface area contributed by atoms with Crippen molar-refractivity contribution in [1.29, 1.82) is 0 Å². The second kappa shape index (κ2) is 7.29. The van der Waals surface area contributed by atoms with Gasteiger partial charge in [-0.1, -0.05) is 31.0 Å². The third-order valence-corrected chi connectivity index (χ3v) is 3.94. The number of hydrogen-bond acceptors (Lipinski definition) is 4. The molecule has 1 heterocycles. The zero-order valence-electron chi connectivity index (χ0n) is 12.3.